The Morgan fingerprint density at radius 2 is 1.80 bits per heavy atom. The number of benzene rings is 1. The minimum absolute atomic E-state index is 0.00987. The van der Waals surface area contributed by atoms with Gasteiger partial charge in [-0.05, 0) is 80.8 Å². The van der Waals surface area contributed by atoms with Crippen LogP contribution in [0.5, 0.6) is 0 Å². The molecule has 6 fully saturated rings. The largest absolute Gasteiger partial charge is 0.379 e. The Labute approximate surface area is 272 Å². The van der Waals surface area contributed by atoms with Crippen molar-refractivity contribution in [1.29, 1.82) is 0 Å². The van der Waals surface area contributed by atoms with Crippen LogP contribution >= 0.6 is 0 Å². The quantitative estimate of drug-likeness (QED) is 0.332. The first-order valence-corrected chi connectivity index (χ1v) is 18.2. The van der Waals surface area contributed by atoms with E-state index in [2.05, 4.69) is 20.4 Å². The number of carbonyl (C=O) groups is 2. The van der Waals surface area contributed by atoms with Gasteiger partial charge < -0.3 is 25.0 Å². The molecule has 250 valence electrons. The third-order valence-electron chi connectivity index (χ3n) is 12.8. The molecule has 0 aromatic heterocycles. The topological polar surface area (TPSA) is 83.1 Å². The number of nitrogens with zero attached hydrogens (tertiary/aromatic N) is 2. The molecule has 11 atom stereocenters. The van der Waals surface area contributed by atoms with Crippen LogP contribution in [0.3, 0.4) is 0 Å². The average Bonchev–Trinajstić information content (AvgIpc) is 3.45. The van der Waals surface area contributed by atoms with Gasteiger partial charge in [-0.25, -0.2) is 4.39 Å². The van der Waals surface area contributed by atoms with Crippen molar-refractivity contribution >= 4 is 11.7 Å². The van der Waals surface area contributed by atoms with Gasteiger partial charge in [-0.15, -0.1) is 0 Å². The van der Waals surface area contributed by atoms with Crippen LogP contribution in [-0.4, -0.2) is 97.4 Å². The minimum atomic E-state index is -1.21. The van der Waals surface area contributed by atoms with Gasteiger partial charge in [-0.2, -0.15) is 0 Å². The summed E-state index contributed by atoms with van der Waals surface area (Å²) in [5.41, 5.74) is 1.17. The van der Waals surface area contributed by atoms with Crippen LogP contribution in [0.4, 0.5) is 4.39 Å². The number of alkyl halides is 1. The fourth-order valence-corrected chi connectivity index (χ4v) is 10.7. The van der Waals surface area contributed by atoms with Crippen molar-refractivity contribution in [1.82, 2.24) is 20.4 Å². The first-order valence-electron chi connectivity index (χ1n) is 18.2. The molecule has 4 aliphatic carbocycles. The van der Waals surface area contributed by atoms with E-state index in [0.717, 1.165) is 69.5 Å². The van der Waals surface area contributed by atoms with E-state index in [0.29, 0.717) is 24.9 Å². The van der Waals surface area contributed by atoms with E-state index in [-0.39, 0.29) is 41.9 Å². The first-order chi connectivity index (χ1) is 22.5. The van der Waals surface area contributed by atoms with Crippen molar-refractivity contribution < 1.29 is 23.5 Å². The second kappa shape index (κ2) is 13.3. The lowest BCUT2D eigenvalue weighted by molar-refractivity contribution is -0.206. The Morgan fingerprint density at radius 3 is 2.65 bits per heavy atom. The highest BCUT2D eigenvalue weighted by atomic mass is 19.1. The number of rotatable bonds is 8. The number of Topliss-reactive ketones (excluding diaryl/α,β-unsaturated/α-hetero) is 1. The van der Waals surface area contributed by atoms with Crippen molar-refractivity contribution in [3.63, 3.8) is 0 Å². The summed E-state index contributed by atoms with van der Waals surface area (Å²) >= 11 is 0. The number of ketones is 1. The molecule has 4 saturated carbocycles. The molecule has 1 amide bonds. The summed E-state index contributed by atoms with van der Waals surface area (Å²) in [6.45, 7) is 5.46. The Balaban J connectivity index is 1.04. The van der Waals surface area contributed by atoms with E-state index in [4.69, 9.17) is 9.47 Å². The molecular formula is C37H51FN4O4. The monoisotopic (exact) mass is 634 g/mol. The molecule has 0 radical (unpaired) electrons. The number of hydrogen-bond donors (Lipinski definition) is 2. The Bertz CT molecular complexity index is 1290. The fourth-order valence-electron chi connectivity index (χ4n) is 10.7. The number of nitrogens with one attached hydrogen (secondary N) is 2. The second-order valence-electron chi connectivity index (χ2n) is 15.2. The first kappa shape index (κ1) is 31.0. The van der Waals surface area contributed by atoms with Gasteiger partial charge in [-0.3, -0.25) is 14.5 Å². The van der Waals surface area contributed by atoms with Crippen LogP contribution in [0.15, 0.2) is 42.1 Å². The molecule has 0 spiro atoms. The highest BCUT2D eigenvalue weighted by Gasteiger charge is 2.61. The van der Waals surface area contributed by atoms with Crippen molar-refractivity contribution in [3.8, 4) is 0 Å². The summed E-state index contributed by atoms with van der Waals surface area (Å²) < 4.78 is 28.7. The molecule has 1 aromatic rings. The van der Waals surface area contributed by atoms with Crippen LogP contribution in [0.25, 0.3) is 0 Å². The molecule has 8 nitrogen and oxygen atoms in total. The van der Waals surface area contributed by atoms with Crippen molar-refractivity contribution in [2.75, 3.05) is 39.4 Å². The van der Waals surface area contributed by atoms with E-state index in [1.54, 1.807) is 0 Å². The normalized spacial score (nSPS) is 40.3. The fraction of sp³-hybridized carbons (Fsp3) is 0.730. The number of amides is 1. The molecule has 9 heteroatoms. The molecule has 2 saturated heterocycles. The average molecular weight is 635 g/mol. The molecule has 3 aliphatic heterocycles. The third-order valence-corrected chi connectivity index (χ3v) is 12.8. The molecule has 0 bridgehead atoms. The van der Waals surface area contributed by atoms with Crippen LogP contribution < -0.4 is 10.6 Å². The van der Waals surface area contributed by atoms with E-state index < -0.39 is 24.2 Å². The summed E-state index contributed by atoms with van der Waals surface area (Å²) in [4.78, 5) is 32.4. The number of halogens is 1. The molecule has 2 N–H and O–H groups in total. The Morgan fingerprint density at radius 1 is 0.978 bits per heavy atom. The number of carbonyl (C=O) groups excluding carboxylic acids is 2. The molecule has 8 rings (SSSR count). The van der Waals surface area contributed by atoms with Gasteiger partial charge >= 0.3 is 0 Å². The number of ether oxygens (including phenoxy) is 2. The van der Waals surface area contributed by atoms with Gasteiger partial charge in [0.1, 0.15) is 6.17 Å². The predicted molar refractivity (Wildman–Crippen MR) is 172 cm³/mol. The smallest absolute Gasteiger partial charge is 0.256 e. The number of morpholine rings is 2. The van der Waals surface area contributed by atoms with Gasteiger partial charge in [0.05, 0.1) is 49.1 Å². The lowest BCUT2D eigenvalue weighted by Crippen LogP contribution is -2.73. The standard InChI is InChI=1S/C37H51FN4O4/c38-30-19-28-34-36(33(30)39-11-6-12-41-13-15-45-16-14-41)46-32-18-25-17-24-9-4-5-10-26(24)27(25)20-31(32)42(34)22-29(35(28)43)37(44)40-21-23-7-2-1-3-8-23/h1-3,7-8,22,24-28,30-34,36,39H,4-6,9-21H2,(H,40,44). The van der Waals surface area contributed by atoms with Gasteiger partial charge in [-0.1, -0.05) is 49.6 Å². The second-order valence-corrected chi connectivity index (χ2v) is 15.2. The van der Waals surface area contributed by atoms with Crippen LogP contribution in [0, 0.1) is 29.6 Å². The summed E-state index contributed by atoms with van der Waals surface area (Å²) in [5, 5.41) is 6.57. The minimum Gasteiger partial charge on any atom is -0.379 e. The predicted octanol–water partition coefficient (Wildman–Crippen LogP) is 3.85. The highest BCUT2D eigenvalue weighted by Crippen LogP contribution is 2.57. The van der Waals surface area contributed by atoms with E-state index >= 15 is 4.39 Å². The molecule has 7 aliphatic rings. The lowest BCUT2D eigenvalue weighted by atomic mass is 9.66. The molecule has 11 unspecified atom stereocenters. The van der Waals surface area contributed by atoms with Gasteiger partial charge in [0.25, 0.3) is 5.91 Å². The van der Waals surface area contributed by atoms with Crippen molar-refractivity contribution in [2.45, 2.75) is 101 Å². The molecule has 3 heterocycles. The molecular weight excluding hydrogens is 583 g/mol. The zero-order chi connectivity index (χ0) is 31.2. The Hall–Kier alpha value is -2.33. The third kappa shape index (κ3) is 5.84. The maximum absolute atomic E-state index is 16.2. The van der Waals surface area contributed by atoms with Gasteiger partial charge in [0.2, 0.25) is 0 Å². The van der Waals surface area contributed by atoms with Crippen molar-refractivity contribution in [2.24, 2.45) is 29.6 Å². The van der Waals surface area contributed by atoms with Gasteiger partial charge in [0, 0.05) is 31.8 Å². The number of fused-ring (bicyclic) bond motifs is 5. The Kier molecular flexibility index (Phi) is 8.95. The number of hydrogen-bond acceptors (Lipinski definition) is 7. The molecule has 1 aromatic carbocycles. The SMILES string of the molecule is O=C(NCc1ccccc1)C1=CN2C3CC4C(CC5CCCCC54)CC3OC3C(NCCCN4CCOCC4)C(F)CC(C1=O)C32. The van der Waals surface area contributed by atoms with E-state index in [1.165, 1.54) is 32.1 Å². The zero-order valence-corrected chi connectivity index (χ0v) is 27.0. The summed E-state index contributed by atoms with van der Waals surface area (Å²) in [7, 11) is 0. The van der Waals surface area contributed by atoms with Gasteiger partial charge in [0.15, 0.2) is 5.78 Å². The maximum Gasteiger partial charge on any atom is 0.256 e. The summed E-state index contributed by atoms with van der Waals surface area (Å²) in [6, 6.07) is 9.17. The van der Waals surface area contributed by atoms with Crippen molar-refractivity contribution in [3.05, 3.63) is 47.7 Å². The van der Waals surface area contributed by atoms with Crippen LogP contribution in [0.2, 0.25) is 0 Å². The van der Waals surface area contributed by atoms with Crippen LogP contribution in [-0.2, 0) is 25.6 Å². The van der Waals surface area contributed by atoms with E-state index in [1.807, 2.05) is 36.5 Å². The molecule has 46 heavy (non-hydrogen) atoms. The lowest BCUT2D eigenvalue weighted by Gasteiger charge is -2.60. The highest BCUT2D eigenvalue weighted by molar-refractivity contribution is 6.20. The zero-order valence-electron chi connectivity index (χ0n) is 27.0. The maximum atomic E-state index is 16.2. The van der Waals surface area contributed by atoms with E-state index in [9.17, 15) is 9.59 Å². The summed E-state index contributed by atoms with van der Waals surface area (Å²) in [5.74, 6) is 1.79. The summed E-state index contributed by atoms with van der Waals surface area (Å²) in [6.07, 6.45) is 10.0. The van der Waals surface area contributed by atoms with Crippen LogP contribution in [0.1, 0.15) is 63.4 Å².